The van der Waals surface area contributed by atoms with Crippen LogP contribution in [-0.4, -0.2) is 23.8 Å². The van der Waals surface area contributed by atoms with Crippen LogP contribution in [0.25, 0.3) is 0 Å². The highest BCUT2D eigenvalue weighted by Gasteiger charge is 2.28. The molecule has 1 aliphatic rings. The van der Waals surface area contributed by atoms with Crippen LogP contribution >= 0.6 is 0 Å². The Kier molecular flexibility index (Phi) is 4.50. The second-order valence-corrected chi connectivity index (χ2v) is 6.62. The van der Waals surface area contributed by atoms with Gasteiger partial charge < -0.3 is 14.1 Å². The van der Waals surface area contributed by atoms with E-state index in [1.54, 1.807) is 42.5 Å². The highest BCUT2D eigenvalue weighted by atomic mass is 16.5. The first-order valence-corrected chi connectivity index (χ1v) is 8.78. The molecule has 2 heterocycles. The SMILES string of the molecule is CN(Cc1ccco1)C(=O)c1ccc2c(c1)C[C@H](c1ccccc1)OC2=O. The first-order chi connectivity index (χ1) is 13.1. The van der Waals surface area contributed by atoms with E-state index in [0.717, 1.165) is 16.9 Å². The molecule has 136 valence electrons. The third-order valence-corrected chi connectivity index (χ3v) is 4.72. The summed E-state index contributed by atoms with van der Waals surface area (Å²) in [7, 11) is 1.73. The summed E-state index contributed by atoms with van der Waals surface area (Å²) in [6, 6.07) is 18.4. The lowest BCUT2D eigenvalue weighted by molar-refractivity contribution is 0.0252. The van der Waals surface area contributed by atoms with Crippen molar-refractivity contribution in [2.45, 2.75) is 19.1 Å². The molecule has 1 atom stereocenters. The molecule has 0 unspecified atom stereocenters. The van der Waals surface area contributed by atoms with Gasteiger partial charge in [-0.2, -0.15) is 0 Å². The number of esters is 1. The van der Waals surface area contributed by atoms with Crippen LogP contribution in [0.5, 0.6) is 0 Å². The lowest BCUT2D eigenvalue weighted by Crippen LogP contribution is -2.27. The maximum atomic E-state index is 12.8. The summed E-state index contributed by atoms with van der Waals surface area (Å²) in [6.45, 7) is 0.387. The molecule has 5 heteroatoms. The number of fused-ring (bicyclic) bond motifs is 1. The summed E-state index contributed by atoms with van der Waals surface area (Å²) in [6.07, 6.45) is 1.80. The van der Waals surface area contributed by atoms with Crippen molar-refractivity contribution in [1.82, 2.24) is 4.90 Å². The molecule has 1 aromatic heterocycles. The number of benzene rings is 2. The van der Waals surface area contributed by atoms with Crippen molar-refractivity contribution in [2.24, 2.45) is 0 Å². The fourth-order valence-electron chi connectivity index (χ4n) is 3.31. The van der Waals surface area contributed by atoms with E-state index in [1.807, 2.05) is 36.4 Å². The Balaban J connectivity index is 1.57. The van der Waals surface area contributed by atoms with Crippen LogP contribution in [0.4, 0.5) is 0 Å². The van der Waals surface area contributed by atoms with Gasteiger partial charge in [0.25, 0.3) is 5.91 Å². The summed E-state index contributed by atoms with van der Waals surface area (Å²) in [4.78, 5) is 26.7. The zero-order valence-corrected chi connectivity index (χ0v) is 14.9. The molecular weight excluding hydrogens is 342 g/mol. The van der Waals surface area contributed by atoms with Gasteiger partial charge in [-0.1, -0.05) is 30.3 Å². The number of cyclic esters (lactones) is 1. The highest BCUT2D eigenvalue weighted by molar-refractivity contribution is 5.97. The predicted octanol–water partition coefficient (Wildman–Crippen LogP) is 4.01. The number of nitrogens with zero attached hydrogens (tertiary/aromatic N) is 1. The van der Waals surface area contributed by atoms with Crippen LogP contribution in [-0.2, 0) is 17.7 Å². The molecule has 27 heavy (non-hydrogen) atoms. The minimum absolute atomic E-state index is 0.121. The van der Waals surface area contributed by atoms with E-state index in [-0.39, 0.29) is 18.0 Å². The Bertz CT molecular complexity index is 963. The molecule has 0 N–H and O–H groups in total. The minimum atomic E-state index is -0.354. The Morgan fingerprint density at radius 3 is 2.67 bits per heavy atom. The van der Waals surface area contributed by atoms with Gasteiger partial charge in [-0.15, -0.1) is 0 Å². The molecule has 0 saturated heterocycles. The summed E-state index contributed by atoms with van der Waals surface area (Å²) in [5, 5.41) is 0. The van der Waals surface area contributed by atoms with Crippen molar-refractivity contribution in [3.63, 3.8) is 0 Å². The second kappa shape index (κ2) is 7.11. The fourth-order valence-corrected chi connectivity index (χ4v) is 3.31. The number of rotatable bonds is 4. The molecular formula is C22H19NO4. The minimum Gasteiger partial charge on any atom is -0.467 e. The van der Waals surface area contributed by atoms with Crippen LogP contribution < -0.4 is 0 Å². The molecule has 0 radical (unpaired) electrons. The number of hydrogen-bond donors (Lipinski definition) is 0. The van der Waals surface area contributed by atoms with Crippen molar-refractivity contribution in [3.05, 3.63) is 94.9 Å². The maximum absolute atomic E-state index is 12.8. The van der Waals surface area contributed by atoms with Gasteiger partial charge in [-0.3, -0.25) is 4.79 Å². The van der Waals surface area contributed by atoms with Gasteiger partial charge in [0.2, 0.25) is 0 Å². The van der Waals surface area contributed by atoms with Gasteiger partial charge in [0.15, 0.2) is 0 Å². The van der Waals surface area contributed by atoms with Crippen LogP contribution in [0.15, 0.2) is 71.3 Å². The van der Waals surface area contributed by atoms with Gasteiger partial charge in [-0.05, 0) is 41.5 Å². The van der Waals surface area contributed by atoms with Crippen molar-refractivity contribution in [3.8, 4) is 0 Å². The summed E-state index contributed by atoms with van der Waals surface area (Å²) >= 11 is 0. The van der Waals surface area contributed by atoms with Gasteiger partial charge in [0, 0.05) is 19.0 Å². The Hall–Kier alpha value is -3.34. The molecule has 0 aliphatic carbocycles. The molecule has 1 aliphatic heterocycles. The van der Waals surface area contributed by atoms with Crippen LogP contribution in [0.1, 0.15) is 43.7 Å². The number of ether oxygens (including phenoxy) is 1. The van der Waals surface area contributed by atoms with Gasteiger partial charge in [0.1, 0.15) is 11.9 Å². The van der Waals surface area contributed by atoms with Crippen LogP contribution in [0, 0.1) is 0 Å². The van der Waals surface area contributed by atoms with Crippen molar-refractivity contribution >= 4 is 11.9 Å². The molecule has 0 saturated carbocycles. The molecule has 1 amide bonds. The summed E-state index contributed by atoms with van der Waals surface area (Å²) < 4.78 is 10.9. The number of amides is 1. The molecule has 2 aromatic carbocycles. The lowest BCUT2D eigenvalue weighted by atomic mass is 9.93. The molecule has 3 aromatic rings. The number of hydrogen-bond acceptors (Lipinski definition) is 4. The second-order valence-electron chi connectivity index (χ2n) is 6.62. The largest absolute Gasteiger partial charge is 0.467 e. The standard InChI is InChI=1S/C22H19NO4/c1-23(14-18-8-5-11-26-18)21(24)16-9-10-19-17(12-16)13-20(27-22(19)25)15-6-3-2-4-7-15/h2-12,20H,13-14H2,1H3/t20-/m1/s1. The monoisotopic (exact) mass is 361 g/mol. The zero-order valence-electron chi connectivity index (χ0n) is 14.9. The summed E-state index contributed by atoms with van der Waals surface area (Å²) in [5.74, 6) is 0.244. The van der Waals surface area contributed by atoms with Gasteiger partial charge >= 0.3 is 5.97 Å². The van der Waals surface area contributed by atoms with E-state index >= 15 is 0 Å². The lowest BCUT2D eigenvalue weighted by Gasteiger charge is -2.25. The van der Waals surface area contributed by atoms with E-state index in [2.05, 4.69) is 0 Å². The number of furan rings is 1. The highest BCUT2D eigenvalue weighted by Crippen LogP contribution is 2.31. The molecule has 5 nitrogen and oxygen atoms in total. The van der Waals surface area contributed by atoms with E-state index in [0.29, 0.717) is 24.1 Å². The van der Waals surface area contributed by atoms with Crippen molar-refractivity contribution < 1.29 is 18.7 Å². The quantitative estimate of drug-likeness (QED) is 0.659. The van der Waals surface area contributed by atoms with E-state index in [4.69, 9.17) is 9.15 Å². The van der Waals surface area contributed by atoms with Crippen molar-refractivity contribution in [2.75, 3.05) is 7.05 Å². The first-order valence-electron chi connectivity index (χ1n) is 8.78. The van der Waals surface area contributed by atoms with Gasteiger partial charge in [-0.25, -0.2) is 4.79 Å². The normalized spacial score (nSPS) is 15.7. The van der Waals surface area contributed by atoms with Crippen LogP contribution in [0.2, 0.25) is 0 Å². The Morgan fingerprint density at radius 2 is 1.93 bits per heavy atom. The van der Waals surface area contributed by atoms with Crippen LogP contribution in [0.3, 0.4) is 0 Å². The average molecular weight is 361 g/mol. The molecule has 0 bridgehead atoms. The van der Waals surface area contributed by atoms with E-state index in [1.165, 1.54) is 0 Å². The molecule has 4 rings (SSSR count). The number of carbonyl (C=O) groups excluding carboxylic acids is 2. The predicted molar refractivity (Wildman–Crippen MR) is 99.3 cm³/mol. The first kappa shape index (κ1) is 17.1. The fraction of sp³-hybridized carbons (Fsp3) is 0.182. The third-order valence-electron chi connectivity index (χ3n) is 4.72. The Labute approximate surface area is 157 Å². The average Bonchev–Trinajstić information content (AvgIpc) is 3.20. The molecule has 0 fully saturated rings. The Morgan fingerprint density at radius 1 is 1.11 bits per heavy atom. The zero-order chi connectivity index (χ0) is 18.8. The van der Waals surface area contributed by atoms with E-state index in [9.17, 15) is 9.59 Å². The third kappa shape index (κ3) is 3.49. The topological polar surface area (TPSA) is 59.8 Å². The summed E-state index contributed by atoms with van der Waals surface area (Å²) in [5.41, 5.74) is 2.84. The number of carbonyl (C=O) groups is 2. The smallest absolute Gasteiger partial charge is 0.339 e. The molecule has 0 spiro atoms. The van der Waals surface area contributed by atoms with Gasteiger partial charge in [0.05, 0.1) is 18.4 Å². The van der Waals surface area contributed by atoms with E-state index < -0.39 is 0 Å². The van der Waals surface area contributed by atoms with Crippen molar-refractivity contribution in [1.29, 1.82) is 0 Å². The maximum Gasteiger partial charge on any atom is 0.339 e.